The fraction of sp³-hybridized carbons (Fsp3) is 0.364. The van der Waals surface area contributed by atoms with Crippen LogP contribution in [0.5, 0.6) is 0 Å². The van der Waals surface area contributed by atoms with E-state index in [0.29, 0.717) is 0 Å². The van der Waals surface area contributed by atoms with Crippen LogP contribution in [0.4, 0.5) is 0 Å². The summed E-state index contributed by atoms with van der Waals surface area (Å²) in [6.07, 6.45) is 2.71. The van der Waals surface area contributed by atoms with Crippen LogP contribution in [0.15, 0.2) is 23.1 Å². The van der Waals surface area contributed by atoms with E-state index in [1.165, 1.54) is 4.88 Å². The monoisotopic (exact) mass is 194 g/mol. The molecule has 0 aliphatic carbocycles. The van der Waals surface area contributed by atoms with Gasteiger partial charge in [0.2, 0.25) is 0 Å². The van der Waals surface area contributed by atoms with Crippen molar-refractivity contribution < 1.29 is 4.79 Å². The highest BCUT2D eigenvalue weighted by atomic mass is 32.1. The molecule has 2 heteroatoms. The van der Waals surface area contributed by atoms with Gasteiger partial charge < -0.3 is 0 Å². The van der Waals surface area contributed by atoms with Gasteiger partial charge in [0.25, 0.3) is 0 Å². The van der Waals surface area contributed by atoms with Gasteiger partial charge in [0.15, 0.2) is 5.78 Å². The van der Waals surface area contributed by atoms with E-state index < -0.39 is 0 Å². The number of ketones is 1. The third-order valence-corrected chi connectivity index (χ3v) is 2.88. The first-order valence-electron chi connectivity index (χ1n) is 4.44. The molecule has 0 aliphatic rings. The number of hydrogen-bond donors (Lipinski definition) is 0. The normalized spacial score (nSPS) is 11.8. The lowest BCUT2D eigenvalue weighted by Crippen LogP contribution is -2.00. The highest BCUT2D eigenvalue weighted by Crippen LogP contribution is 2.17. The Kier molecular flexibility index (Phi) is 3.43. The smallest absolute Gasteiger partial charge is 0.189 e. The van der Waals surface area contributed by atoms with Crippen LogP contribution >= 0.6 is 11.3 Å². The molecule has 0 aromatic carbocycles. The molecule has 1 nitrogen and oxygen atoms in total. The summed E-state index contributed by atoms with van der Waals surface area (Å²) >= 11 is 1.62. The van der Waals surface area contributed by atoms with Crippen molar-refractivity contribution in [3.05, 3.63) is 33.5 Å². The van der Waals surface area contributed by atoms with Crippen LogP contribution in [0, 0.1) is 6.92 Å². The fourth-order valence-corrected chi connectivity index (χ4v) is 1.93. The van der Waals surface area contributed by atoms with Gasteiger partial charge in [0.05, 0.1) is 0 Å². The van der Waals surface area contributed by atoms with Crippen LogP contribution in [-0.2, 0) is 0 Å². The van der Waals surface area contributed by atoms with Crippen molar-refractivity contribution in [2.45, 2.75) is 27.2 Å². The summed E-state index contributed by atoms with van der Waals surface area (Å²) < 4.78 is 0. The first-order chi connectivity index (χ1) is 6.19. The van der Waals surface area contributed by atoms with E-state index in [4.69, 9.17) is 0 Å². The van der Waals surface area contributed by atoms with Crippen molar-refractivity contribution in [1.29, 1.82) is 0 Å². The molecule has 0 fully saturated rings. The first kappa shape index (κ1) is 10.2. The molecule has 1 rings (SSSR count). The van der Waals surface area contributed by atoms with Crippen molar-refractivity contribution in [1.82, 2.24) is 0 Å². The standard InChI is InChI=1S/C11H14OS/c1-4-9(5-2)11(12)10-6-8(3)13-7-10/h4,6-7H,5H2,1-3H3. The Morgan fingerprint density at radius 1 is 1.62 bits per heavy atom. The Morgan fingerprint density at radius 2 is 2.31 bits per heavy atom. The van der Waals surface area contributed by atoms with E-state index in [2.05, 4.69) is 0 Å². The lowest BCUT2D eigenvalue weighted by molar-refractivity contribution is 0.103. The molecule has 1 aromatic heterocycles. The molecule has 70 valence electrons. The Labute approximate surface area is 83.1 Å². The Hall–Kier alpha value is -0.890. The van der Waals surface area contributed by atoms with Crippen LogP contribution < -0.4 is 0 Å². The number of thiophene rings is 1. The summed E-state index contributed by atoms with van der Waals surface area (Å²) in [5, 5.41) is 1.93. The van der Waals surface area contributed by atoms with Crippen LogP contribution in [-0.4, -0.2) is 5.78 Å². The molecule has 0 unspecified atom stereocenters. The molecular weight excluding hydrogens is 180 g/mol. The molecule has 0 radical (unpaired) electrons. The molecule has 0 spiro atoms. The van der Waals surface area contributed by atoms with Gasteiger partial charge in [-0.1, -0.05) is 13.0 Å². The highest BCUT2D eigenvalue weighted by Gasteiger charge is 2.10. The summed E-state index contributed by atoms with van der Waals surface area (Å²) in [5.74, 6) is 0.175. The van der Waals surface area contributed by atoms with Crippen LogP contribution in [0.1, 0.15) is 35.5 Å². The van der Waals surface area contributed by atoms with Crippen molar-refractivity contribution in [2.24, 2.45) is 0 Å². The quantitative estimate of drug-likeness (QED) is 0.531. The van der Waals surface area contributed by atoms with Gasteiger partial charge in [-0.25, -0.2) is 0 Å². The predicted molar refractivity (Wildman–Crippen MR) is 57.4 cm³/mol. The number of hydrogen-bond acceptors (Lipinski definition) is 2. The summed E-state index contributed by atoms with van der Waals surface area (Å²) in [5.41, 5.74) is 1.73. The Balaban J connectivity index is 2.91. The van der Waals surface area contributed by atoms with Crippen molar-refractivity contribution in [3.63, 3.8) is 0 Å². The van der Waals surface area contributed by atoms with Crippen molar-refractivity contribution in [3.8, 4) is 0 Å². The van der Waals surface area contributed by atoms with Gasteiger partial charge in [-0.05, 0) is 31.9 Å². The second kappa shape index (κ2) is 4.38. The molecule has 0 saturated heterocycles. The zero-order valence-electron chi connectivity index (χ0n) is 8.26. The van der Waals surface area contributed by atoms with Gasteiger partial charge in [-0.2, -0.15) is 0 Å². The van der Waals surface area contributed by atoms with Gasteiger partial charge in [0, 0.05) is 15.8 Å². The SMILES string of the molecule is CC=C(CC)C(=O)c1csc(C)c1. The average molecular weight is 194 g/mol. The first-order valence-corrected chi connectivity index (χ1v) is 5.32. The number of Topliss-reactive ketones (excluding diaryl/α,β-unsaturated/α-hetero) is 1. The van der Waals surface area contributed by atoms with Gasteiger partial charge in [0.1, 0.15) is 0 Å². The second-order valence-corrected chi connectivity index (χ2v) is 4.06. The zero-order chi connectivity index (χ0) is 9.84. The van der Waals surface area contributed by atoms with E-state index in [-0.39, 0.29) is 5.78 Å². The van der Waals surface area contributed by atoms with Crippen LogP contribution in [0.2, 0.25) is 0 Å². The van der Waals surface area contributed by atoms with Crippen LogP contribution in [0.25, 0.3) is 0 Å². The largest absolute Gasteiger partial charge is 0.289 e. The van der Waals surface area contributed by atoms with E-state index >= 15 is 0 Å². The van der Waals surface area contributed by atoms with Gasteiger partial charge in [-0.15, -0.1) is 11.3 Å². The predicted octanol–water partition coefficient (Wildman–Crippen LogP) is 3.60. The minimum atomic E-state index is 0.175. The Bertz CT molecular complexity index is 334. The summed E-state index contributed by atoms with van der Waals surface area (Å²) in [4.78, 5) is 12.9. The van der Waals surface area contributed by atoms with Gasteiger partial charge in [-0.3, -0.25) is 4.79 Å². The number of carbonyl (C=O) groups is 1. The molecule has 0 saturated carbocycles. The maximum atomic E-state index is 11.8. The summed E-state index contributed by atoms with van der Waals surface area (Å²) in [6, 6.07) is 1.95. The summed E-state index contributed by atoms with van der Waals surface area (Å²) in [7, 11) is 0. The molecular formula is C11H14OS. The van der Waals surface area contributed by atoms with E-state index in [1.54, 1.807) is 11.3 Å². The lowest BCUT2D eigenvalue weighted by Gasteiger charge is -1.99. The van der Waals surface area contributed by atoms with E-state index in [9.17, 15) is 4.79 Å². The Morgan fingerprint density at radius 3 is 2.69 bits per heavy atom. The van der Waals surface area contributed by atoms with Crippen molar-refractivity contribution >= 4 is 17.1 Å². The number of rotatable bonds is 3. The third kappa shape index (κ3) is 2.28. The minimum Gasteiger partial charge on any atom is -0.289 e. The third-order valence-electron chi connectivity index (χ3n) is 2.01. The lowest BCUT2D eigenvalue weighted by atomic mass is 10.0. The molecule has 0 amide bonds. The highest BCUT2D eigenvalue weighted by molar-refractivity contribution is 7.10. The minimum absolute atomic E-state index is 0.175. The van der Waals surface area contributed by atoms with E-state index in [0.717, 1.165) is 17.6 Å². The maximum Gasteiger partial charge on any atom is 0.189 e. The zero-order valence-corrected chi connectivity index (χ0v) is 9.07. The molecule has 1 heterocycles. The van der Waals surface area contributed by atoms with Crippen molar-refractivity contribution in [2.75, 3.05) is 0 Å². The molecule has 0 bridgehead atoms. The molecule has 13 heavy (non-hydrogen) atoms. The number of carbonyl (C=O) groups excluding carboxylic acids is 1. The molecule has 0 aliphatic heterocycles. The summed E-state index contributed by atoms with van der Waals surface area (Å²) in [6.45, 7) is 5.94. The fourth-order valence-electron chi connectivity index (χ4n) is 1.24. The van der Waals surface area contributed by atoms with Gasteiger partial charge >= 0.3 is 0 Å². The number of allylic oxidation sites excluding steroid dienone is 2. The topological polar surface area (TPSA) is 17.1 Å². The van der Waals surface area contributed by atoms with Crippen LogP contribution in [0.3, 0.4) is 0 Å². The molecule has 1 aromatic rings. The second-order valence-electron chi connectivity index (χ2n) is 2.94. The number of aryl methyl sites for hydroxylation is 1. The maximum absolute atomic E-state index is 11.8. The molecule has 0 atom stereocenters. The average Bonchev–Trinajstić information content (AvgIpc) is 2.54. The van der Waals surface area contributed by atoms with E-state index in [1.807, 2.05) is 38.3 Å². The molecule has 0 N–H and O–H groups in total.